The van der Waals surface area contributed by atoms with Crippen LogP contribution in [-0.4, -0.2) is 0 Å². The number of aryl methyl sites for hydroxylation is 1. The molecule has 0 radical (unpaired) electrons. The molecule has 0 fully saturated rings. The molecule has 0 N–H and O–H groups in total. The van der Waals surface area contributed by atoms with Gasteiger partial charge in [-0.2, -0.15) is 0 Å². The first kappa shape index (κ1) is 18.6. The van der Waals surface area contributed by atoms with Gasteiger partial charge >= 0.3 is 7.60 Å². The summed E-state index contributed by atoms with van der Waals surface area (Å²) in [6.07, 6.45) is 0.767. The molecule has 26 heavy (non-hydrogen) atoms. The van der Waals surface area contributed by atoms with Gasteiger partial charge in [-0.3, -0.25) is 4.57 Å². The van der Waals surface area contributed by atoms with Crippen molar-refractivity contribution in [3.05, 3.63) is 102 Å². The van der Waals surface area contributed by atoms with Crippen LogP contribution in [0.25, 0.3) is 0 Å². The fourth-order valence-electron chi connectivity index (χ4n) is 2.72. The molecule has 0 bridgehead atoms. The van der Waals surface area contributed by atoms with Crippen molar-refractivity contribution in [3.8, 4) is 0 Å². The molecular formula is C22H23O3P. The lowest BCUT2D eigenvalue weighted by Gasteiger charge is -2.21. The zero-order chi connectivity index (χ0) is 18.2. The smallest absolute Gasteiger partial charge is 0.300 e. The Balaban J connectivity index is 1.85. The van der Waals surface area contributed by atoms with Gasteiger partial charge < -0.3 is 9.05 Å². The van der Waals surface area contributed by atoms with Gasteiger partial charge in [-0.1, -0.05) is 85.8 Å². The molecule has 3 nitrogen and oxygen atoms in total. The summed E-state index contributed by atoms with van der Waals surface area (Å²) in [5, 5.41) is 0.648. The minimum Gasteiger partial charge on any atom is -0.300 e. The van der Waals surface area contributed by atoms with E-state index < -0.39 is 7.60 Å². The van der Waals surface area contributed by atoms with Gasteiger partial charge in [-0.05, 0) is 29.2 Å². The molecule has 0 saturated carbocycles. The number of rotatable bonds is 8. The van der Waals surface area contributed by atoms with Crippen LogP contribution in [0.4, 0.5) is 0 Å². The Bertz CT molecular complexity index is 815. The summed E-state index contributed by atoms with van der Waals surface area (Å²) in [5.41, 5.74) is 2.91. The minimum atomic E-state index is -3.46. The zero-order valence-corrected chi connectivity index (χ0v) is 15.8. The number of hydrogen-bond acceptors (Lipinski definition) is 3. The average molecular weight is 366 g/mol. The average Bonchev–Trinajstić information content (AvgIpc) is 2.72. The molecule has 3 aromatic rings. The van der Waals surface area contributed by atoms with Crippen LogP contribution in [0.2, 0.25) is 0 Å². The van der Waals surface area contributed by atoms with E-state index in [1.807, 2.05) is 91.9 Å². The molecule has 4 heteroatoms. The van der Waals surface area contributed by atoms with Crippen LogP contribution in [-0.2, 0) is 33.2 Å². The van der Waals surface area contributed by atoms with Gasteiger partial charge in [0.25, 0.3) is 0 Å². The largest absolute Gasteiger partial charge is 0.362 e. The van der Waals surface area contributed by atoms with E-state index in [9.17, 15) is 4.57 Å². The van der Waals surface area contributed by atoms with Crippen molar-refractivity contribution < 1.29 is 13.6 Å². The first-order chi connectivity index (χ1) is 12.7. The summed E-state index contributed by atoms with van der Waals surface area (Å²) in [7, 11) is -3.46. The maximum Gasteiger partial charge on any atom is 0.362 e. The first-order valence-corrected chi connectivity index (χ1v) is 10.3. The monoisotopic (exact) mass is 366 g/mol. The number of hydrogen-bond donors (Lipinski definition) is 0. The lowest BCUT2D eigenvalue weighted by molar-refractivity contribution is 0.200. The summed E-state index contributed by atoms with van der Waals surface area (Å²) in [6, 6.07) is 27.1. The van der Waals surface area contributed by atoms with E-state index in [1.54, 1.807) is 0 Å². The van der Waals surface area contributed by atoms with Gasteiger partial charge in [-0.15, -0.1) is 0 Å². The van der Waals surface area contributed by atoms with E-state index in [1.165, 1.54) is 0 Å². The second-order valence-corrected chi connectivity index (χ2v) is 7.99. The molecule has 0 aromatic heterocycles. The molecule has 0 atom stereocenters. The Morgan fingerprint density at radius 3 is 1.65 bits per heavy atom. The predicted octanol–water partition coefficient (Wildman–Crippen LogP) is 5.50. The molecule has 0 aliphatic rings. The predicted molar refractivity (Wildman–Crippen MR) is 106 cm³/mol. The molecule has 3 aromatic carbocycles. The van der Waals surface area contributed by atoms with Crippen molar-refractivity contribution in [3.63, 3.8) is 0 Å². The Hall–Kier alpha value is -2.19. The third-order valence-electron chi connectivity index (χ3n) is 4.16. The van der Waals surface area contributed by atoms with Crippen molar-refractivity contribution in [2.75, 3.05) is 0 Å². The molecule has 134 valence electrons. The molecule has 0 aliphatic carbocycles. The molecular weight excluding hydrogens is 343 g/mol. The Kier molecular flexibility index (Phi) is 6.40. The maximum atomic E-state index is 13.7. The maximum absolute atomic E-state index is 13.7. The molecule has 0 spiro atoms. The fourth-order valence-corrected chi connectivity index (χ4v) is 4.56. The molecule has 0 amide bonds. The Labute approximate surface area is 155 Å². The summed E-state index contributed by atoms with van der Waals surface area (Å²) >= 11 is 0. The zero-order valence-electron chi connectivity index (χ0n) is 14.9. The van der Waals surface area contributed by atoms with Crippen molar-refractivity contribution in [2.24, 2.45) is 0 Å². The van der Waals surface area contributed by atoms with E-state index in [4.69, 9.17) is 9.05 Å². The summed E-state index contributed by atoms with van der Waals surface area (Å²) in [4.78, 5) is 0. The molecule has 0 saturated heterocycles. The molecule has 0 unspecified atom stereocenters. The highest BCUT2D eigenvalue weighted by Crippen LogP contribution is 2.49. The summed E-state index contributed by atoms with van der Waals surface area (Å²) in [5.74, 6) is 0. The second kappa shape index (κ2) is 8.95. The van der Waals surface area contributed by atoms with Gasteiger partial charge in [0.15, 0.2) is 0 Å². The van der Waals surface area contributed by atoms with Crippen LogP contribution in [0.15, 0.2) is 84.9 Å². The SMILES string of the molecule is CCc1ccccc1P(=O)(OCc1ccccc1)OCc1ccccc1. The van der Waals surface area contributed by atoms with Crippen LogP contribution >= 0.6 is 7.60 Å². The lowest BCUT2D eigenvalue weighted by atomic mass is 10.2. The van der Waals surface area contributed by atoms with E-state index in [-0.39, 0.29) is 13.2 Å². The first-order valence-electron chi connectivity index (χ1n) is 8.77. The topological polar surface area (TPSA) is 35.5 Å². The summed E-state index contributed by atoms with van der Waals surface area (Å²) < 4.78 is 25.5. The molecule has 3 rings (SSSR count). The highest BCUT2D eigenvalue weighted by atomic mass is 31.2. The number of benzene rings is 3. The van der Waals surface area contributed by atoms with Gasteiger partial charge in [0.1, 0.15) is 0 Å². The fraction of sp³-hybridized carbons (Fsp3) is 0.182. The minimum absolute atomic E-state index is 0.241. The quantitative estimate of drug-likeness (QED) is 0.494. The van der Waals surface area contributed by atoms with E-state index in [2.05, 4.69) is 0 Å². The molecule has 0 aliphatic heterocycles. The van der Waals surface area contributed by atoms with Crippen molar-refractivity contribution in [1.82, 2.24) is 0 Å². The van der Waals surface area contributed by atoms with Gasteiger partial charge in [0.05, 0.1) is 18.5 Å². The molecule has 0 heterocycles. The van der Waals surface area contributed by atoms with E-state index in [0.29, 0.717) is 5.30 Å². The third kappa shape index (κ3) is 4.70. The van der Waals surface area contributed by atoms with E-state index >= 15 is 0 Å². The lowest BCUT2D eigenvalue weighted by Crippen LogP contribution is -2.15. The van der Waals surface area contributed by atoms with Gasteiger partial charge in [0.2, 0.25) is 0 Å². The Morgan fingerprint density at radius 1 is 0.692 bits per heavy atom. The van der Waals surface area contributed by atoms with Crippen LogP contribution in [0.3, 0.4) is 0 Å². The van der Waals surface area contributed by atoms with Crippen molar-refractivity contribution >= 4 is 12.9 Å². The van der Waals surface area contributed by atoms with Crippen LogP contribution in [0.1, 0.15) is 23.6 Å². The van der Waals surface area contributed by atoms with Gasteiger partial charge in [-0.25, -0.2) is 0 Å². The van der Waals surface area contributed by atoms with Crippen molar-refractivity contribution in [2.45, 2.75) is 26.6 Å². The normalized spacial score (nSPS) is 11.4. The van der Waals surface area contributed by atoms with E-state index in [0.717, 1.165) is 23.1 Å². The third-order valence-corrected chi connectivity index (χ3v) is 6.12. The van der Waals surface area contributed by atoms with Gasteiger partial charge in [0, 0.05) is 0 Å². The van der Waals surface area contributed by atoms with Crippen molar-refractivity contribution in [1.29, 1.82) is 0 Å². The summed E-state index contributed by atoms with van der Waals surface area (Å²) in [6.45, 7) is 2.52. The van der Waals surface area contributed by atoms with Crippen LogP contribution < -0.4 is 5.30 Å². The van der Waals surface area contributed by atoms with Crippen LogP contribution in [0, 0.1) is 0 Å². The highest BCUT2D eigenvalue weighted by molar-refractivity contribution is 7.62. The Morgan fingerprint density at radius 2 is 1.15 bits per heavy atom. The highest BCUT2D eigenvalue weighted by Gasteiger charge is 2.30. The van der Waals surface area contributed by atoms with Crippen LogP contribution in [0.5, 0.6) is 0 Å². The second-order valence-electron chi connectivity index (χ2n) is 6.00. The standard InChI is InChI=1S/C22H23O3P/c1-2-21-15-9-10-16-22(21)26(23,24-17-19-11-5-3-6-12-19)25-18-20-13-7-4-8-14-20/h3-16H,2,17-18H2,1H3.